The normalized spacial score (nSPS) is 26.5. The molecule has 0 spiro atoms. The van der Waals surface area contributed by atoms with Gasteiger partial charge in [-0.25, -0.2) is 4.39 Å². The lowest BCUT2D eigenvalue weighted by Gasteiger charge is -2.44. The SMILES string of the molecule is O=C1CCC2CNCCC2N1Cc1c(F)cccc1Cl. The van der Waals surface area contributed by atoms with Crippen molar-refractivity contribution in [2.45, 2.75) is 31.8 Å². The molecule has 1 aromatic carbocycles. The van der Waals surface area contributed by atoms with Gasteiger partial charge in [0.2, 0.25) is 5.91 Å². The summed E-state index contributed by atoms with van der Waals surface area (Å²) in [5, 5.41) is 3.76. The zero-order valence-electron chi connectivity index (χ0n) is 11.2. The molecule has 2 aliphatic rings. The average Bonchev–Trinajstić information content (AvgIpc) is 2.45. The molecule has 2 heterocycles. The van der Waals surface area contributed by atoms with E-state index in [1.54, 1.807) is 12.1 Å². The third kappa shape index (κ3) is 2.54. The zero-order chi connectivity index (χ0) is 14.1. The summed E-state index contributed by atoms with van der Waals surface area (Å²) in [5.74, 6) is 0.265. The fourth-order valence-corrected chi connectivity index (χ4v) is 3.53. The van der Waals surface area contributed by atoms with Crippen LogP contribution >= 0.6 is 11.6 Å². The van der Waals surface area contributed by atoms with E-state index in [1.165, 1.54) is 6.07 Å². The van der Waals surface area contributed by atoms with E-state index in [0.717, 1.165) is 25.9 Å². The summed E-state index contributed by atoms with van der Waals surface area (Å²) in [6, 6.07) is 4.88. The van der Waals surface area contributed by atoms with E-state index in [1.807, 2.05) is 4.90 Å². The molecule has 2 aliphatic heterocycles. The molecule has 3 nitrogen and oxygen atoms in total. The second kappa shape index (κ2) is 5.70. The van der Waals surface area contributed by atoms with Gasteiger partial charge in [0.15, 0.2) is 0 Å². The first-order valence-electron chi connectivity index (χ1n) is 7.10. The quantitative estimate of drug-likeness (QED) is 0.910. The van der Waals surface area contributed by atoms with Crippen molar-refractivity contribution in [3.05, 3.63) is 34.6 Å². The summed E-state index contributed by atoms with van der Waals surface area (Å²) in [6.07, 6.45) is 2.41. The van der Waals surface area contributed by atoms with Crippen LogP contribution in [0.5, 0.6) is 0 Å². The Morgan fingerprint density at radius 1 is 1.40 bits per heavy atom. The minimum Gasteiger partial charge on any atom is -0.335 e. The Labute approximate surface area is 123 Å². The predicted octanol–water partition coefficient (Wildman–Crippen LogP) is 2.58. The van der Waals surface area contributed by atoms with Crippen LogP contribution in [0.2, 0.25) is 5.02 Å². The van der Waals surface area contributed by atoms with E-state index in [2.05, 4.69) is 5.32 Å². The molecule has 108 valence electrons. The average molecular weight is 297 g/mol. The number of fused-ring (bicyclic) bond motifs is 1. The summed E-state index contributed by atoms with van der Waals surface area (Å²) in [6.45, 7) is 2.14. The molecule has 0 saturated carbocycles. The number of hydrogen-bond acceptors (Lipinski definition) is 2. The maximum atomic E-state index is 13.9. The van der Waals surface area contributed by atoms with E-state index in [9.17, 15) is 9.18 Å². The molecule has 0 radical (unpaired) electrons. The van der Waals surface area contributed by atoms with Gasteiger partial charge in [-0.05, 0) is 44.0 Å². The standard InChI is InChI=1S/C15H18ClFN2O/c16-12-2-1-3-13(17)11(12)9-19-14-6-7-18-8-10(14)4-5-15(19)20/h1-3,10,14,18H,4-9H2. The summed E-state index contributed by atoms with van der Waals surface area (Å²) >= 11 is 6.08. The molecular weight excluding hydrogens is 279 g/mol. The van der Waals surface area contributed by atoms with Gasteiger partial charge in [0, 0.05) is 23.0 Å². The number of amides is 1. The van der Waals surface area contributed by atoms with Crippen LogP contribution in [0.1, 0.15) is 24.8 Å². The first kappa shape index (κ1) is 13.8. The Balaban J connectivity index is 1.85. The van der Waals surface area contributed by atoms with Crippen molar-refractivity contribution < 1.29 is 9.18 Å². The number of rotatable bonds is 2. The van der Waals surface area contributed by atoms with Gasteiger partial charge in [-0.3, -0.25) is 4.79 Å². The third-order valence-corrected chi connectivity index (χ3v) is 4.76. The number of halogens is 2. The number of likely N-dealkylation sites (tertiary alicyclic amines) is 1. The van der Waals surface area contributed by atoms with Crippen molar-refractivity contribution in [3.8, 4) is 0 Å². The van der Waals surface area contributed by atoms with E-state index in [-0.39, 0.29) is 24.3 Å². The number of benzene rings is 1. The van der Waals surface area contributed by atoms with Crippen LogP contribution in [0.3, 0.4) is 0 Å². The molecule has 1 amide bonds. The van der Waals surface area contributed by atoms with Crippen LogP contribution in [0, 0.1) is 11.7 Å². The molecule has 1 aromatic rings. The molecule has 0 aromatic heterocycles. The molecule has 0 bridgehead atoms. The fraction of sp³-hybridized carbons (Fsp3) is 0.533. The van der Waals surface area contributed by atoms with Gasteiger partial charge in [-0.1, -0.05) is 17.7 Å². The highest BCUT2D eigenvalue weighted by atomic mass is 35.5. The molecule has 2 unspecified atom stereocenters. The van der Waals surface area contributed by atoms with E-state index < -0.39 is 0 Å². The van der Waals surface area contributed by atoms with Gasteiger partial charge >= 0.3 is 0 Å². The molecule has 5 heteroatoms. The largest absolute Gasteiger partial charge is 0.335 e. The third-order valence-electron chi connectivity index (χ3n) is 4.41. The minimum absolute atomic E-state index is 0.118. The first-order chi connectivity index (χ1) is 9.66. The van der Waals surface area contributed by atoms with Gasteiger partial charge in [0.1, 0.15) is 5.82 Å². The highest BCUT2D eigenvalue weighted by Gasteiger charge is 2.37. The summed E-state index contributed by atoms with van der Waals surface area (Å²) in [4.78, 5) is 14.0. The lowest BCUT2D eigenvalue weighted by molar-refractivity contribution is -0.140. The topological polar surface area (TPSA) is 32.3 Å². The van der Waals surface area contributed by atoms with Gasteiger partial charge in [0.05, 0.1) is 6.54 Å². The number of piperidine rings is 2. The number of nitrogens with zero attached hydrogens (tertiary/aromatic N) is 1. The highest BCUT2D eigenvalue weighted by molar-refractivity contribution is 6.31. The van der Waals surface area contributed by atoms with E-state index >= 15 is 0 Å². The van der Waals surface area contributed by atoms with Crippen molar-refractivity contribution in [1.29, 1.82) is 0 Å². The second-order valence-electron chi connectivity index (χ2n) is 5.58. The van der Waals surface area contributed by atoms with Gasteiger partial charge < -0.3 is 10.2 Å². The van der Waals surface area contributed by atoms with Gasteiger partial charge in [-0.15, -0.1) is 0 Å². The molecule has 2 saturated heterocycles. The molecule has 1 N–H and O–H groups in total. The molecule has 20 heavy (non-hydrogen) atoms. The Bertz CT molecular complexity index is 502. The molecule has 2 atom stereocenters. The monoisotopic (exact) mass is 296 g/mol. The molecule has 0 aliphatic carbocycles. The number of carbonyl (C=O) groups is 1. The van der Waals surface area contributed by atoms with Crippen LogP contribution < -0.4 is 5.32 Å². The first-order valence-corrected chi connectivity index (χ1v) is 7.47. The predicted molar refractivity (Wildman–Crippen MR) is 76.0 cm³/mol. The molecule has 3 rings (SSSR count). The lowest BCUT2D eigenvalue weighted by Crippen LogP contribution is -2.54. The molecular formula is C15H18ClFN2O. The second-order valence-corrected chi connectivity index (χ2v) is 5.99. The summed E-state index contributed by atoms with van der Waals surface area (Å²) < 4.78 is 13.9. The zero-order valence-corrected chi connectivity index (χ0v) is 12.0. The van der Waals surface area contributed by atoms with Crippen molar-refractivity contribution in [3.63, 3.8) is 0 Å². The van der Waals surface area contributed by atoms with Crippen LogP contribution in [-0.2, 0) is 11.3 Å². The van der Waals surface area contributed by atoms with Crippen LogP contribution in [0.4, 0.5) is 4.39 Å². The maximum Gasteiger partial charge on any atom is 0.223 e. The Kier molecular flexibility index (Phi) is 3.94. The lowest BCUT2D eigenvalue weighted by atomic mass is 9.84. The van der Waals surface area contributed by atoms with Crippen LogP contribution in [0.15, 0.2) is 18.2 Å². The number of nitrogens with one attached hydrogen (secondary N) is 1. The Morgan fingerprint density at radius 3 is 3.05 bits per heavy atom. The van der Waals surface area contributed by atoms with Crippen molar-refractivity contribution in [2.75, 3.05) is 13.1 Å². The van der Waals surface area contributed by atoms with Crippen molar-refractivity contribution in [1.82, 2.24) is 10.2 Å². The number of hydrogen-bond donors (Lipinski definition) is 1. The van der Waals surface area contributed by atoms with Gasteiger partial charge in [0.25, 0.3) is 0 Å². The fourth-order valence-electron chi connectivity index (χ4n) is 3.31. The minimum atomic E-state index is -0.332. The number of carbonyl (C=O) groups excluding carboxylic acids is 1. The van der Waals surface area contributed by atoms with E-state index in [4.69, 9.17) is 11.6 Å². The van der Waals surface area contributed by atoms with Crippen LogP contribution in [0.25, 0.3) is 0 Å². The van der Waals surface area contributed by atoms with Gasteiger partial charge in [-0.2, -0.15) is 0 Å². The van der Waals surface area contributed by atoms with Crippen molar-refractivity contribution >= 4 is 17.5 Å². The smallest absolute Gasteiger partial charge is 0.223 e. The summed E-state index contributed by atoms with van der Waals surface area (Å²) in [5.41, 5.74) is 0.432. The maximum absolute atomic E-state index is 13.9. The highest BCUT2D eigenvalue weighted by Crippen LogP contribution is 2.31. The molecule has 2 fully saturated rings. The van der Waals surface area contributed by atoms with E-state index in [0.29, 0.717) is 22.9 Å². The van der Waals surface area contributed by atoms with Crippen LogP contribution in [-0.4, -0.2) is 29.9 Å². The van der Waals surface area contributed by atoms with Crippen molar-refractivity contribution in [2.24, 2.45) is 5.92 Å². The Hall–Kier alpha value is -1.13. The Morgan fingerprint density at radius 2 is 2.25 bits per heavy atom. The summed E-state index contributed by atoms with van der Waals surface area (Å²) in [7, 11) is 0.